The average Bonchev–Trinajstić information content (AvgIpc) is 2.58. The standard InChI is InChI=1S/C19H24N2O5/c1-4-5-6-16(19(25)26)21-17(23)11-12(2)18(24)20-15-9-7-14(8-10-15)13(3)22/h7-11,16H,4-6H2,1-3H3,(H,20,24)(H,21,23)(H,25,26)/b12-11-. The highest BCUT2D eigenvalue weighted by molar-refractivity contribution is 6.07. The number of anilines is 1. The van der Waals surface area contributed by atoms with Crippen molar-refractivity contribution in [2.45, 2.75) is 46.1 Å². The molecule has 1 aromatic carbocycles. The fraction of sp³-hybridized carbons (Fsp3) is 0.368. The summed E-state index contributed by atoms with van der Waals surface area (Å²) in [6, 6.07) is 5.39. The molecule has 0 radical (unpaired) electrons. The normalized spacial score (nSPS) is 12.2. The predicted octanol–water partition coefficient (Wildman–Crippen LogP) is 2.53. The minimum absolute atomic E-state index is 0.0771. The van der Waals surface area contributed by atoms with E-state index in [0.29, 0.717) is 24.1 Å². The number of Topliss-reactive ketones (excluding diaryl/α,β-unsaturated/α-hetero) is 1. The van der Waals surface area contributed by atoms with E-state index in [-0.39, 0.29) is 11.4 Å². The van der Waals surface area contributed by atoms with Gasteiger partial charge in [0.1, 0.15) is 6.04 Å². The summed E-state index contributed by atoms with van der Waals surface area (Å²) < 4.78 is 0. The molecule has 0 heterocycles. The summed E-state index contributed by atoms with van der Waals surface area (Å²) in [5, 5.41) is 14.1. The molecule has 0 bridgehead atoms. The van der Waals surface area contributed by atoms with Crippen molar-refractivity contribution in [3.8, 4) is 0 Å². The predicted molar refractivity (Wildman–Crippen MR) is 97.9 cm³/mol. The van der Waals surface area contributed by atoms with Crippen molar-refractivity contribution in [2.75, 3.05) is 5.32 Å². The second-order valence-electron chi connectivity index (χ2n) is 5.96. The van der Waals surface area contributed by atoms with E-state index in [1.54, 1.807) is 24.3 Å². The van der Waals surface area contributed by atoms with E-state index in [1.165, 1.54) is 13.8 Å². The van der Waals surface area contributed by atoms with Gasteiger partial charge in [-0.05, 0) is 44.5 Å². The molecule has 0 aliphatic heterocycles. The fourth-order valence-corrected chi connectivity index (χ4v) is 2.16. The number of hydrogen-bond donors (Lipinski definition) is 3. The number of rotatable bonds is 9. The molecule has 0 aromatic heterocycles. The lowest BCUT2D eigenvalue weighted by Gasteiger charge is -2.13. The summed E-state index contributed by atoms with van der Waals surface area (Å²) >= 11 is 0. The Hall–Kier alpha value is -2.96. The van der Waals surface area contributed by atoms with Crippen LogP contribution in [0.25, 0.3) is 0 Å². The molecule has 0 aliphatic carbocycles. The van der Waals surface area contributed by atoms with E-state index >= 15 is 0 Å². The van der Waals surface area contributed by atoms with Crippen LogP contribution in [-0.2, 0) is 14.4 Å². The van der Waals surface area contributed by atoms with Crippen molar-refractivity contribution < 1.29 is 24.3 Å². The van der Waals surface area contributed by atoms with Gasteiger partial charge < -0.3 is 15.7 Å². The molecule has 140 valence electrons. The molecule has 1 unspecified atom stereocenters. The van der Waals surface area contributed by atoms with E-state index in [1.807, 2.05) is 6.92 Å². The molecule has 3 N–H and O–H groups in total. The molecule has 26 heavy (non-hydrogen) atoms. The third kappa shape index (κ3) is 6.88. The van der Waals surface area contributed by atoms with E-state index in [0.717, 1.165) is 12.5 Å². The number of hydrogen-bond acceptors (Lipinski definition) is 4. The first-order chi connectivity index (χ1) is 12.2. The quantitative estimate of drug-likeness (QED) is 0.463. The molecular formula is C19H24N2O5. The van der Waals surface area contributed by atoms with Crippen LogP contribution in [0.3, 0.4) is 0 Å². The van der Waals surface area contributed by atoms with Gasteiger partial charge in [-0.1, -0.05) is 19.8 Å². The number of aliphatic carboxylic acids is 1. The number of carboxylic acid groups (broad SMARTS) is 1. The van der Waals surface area contributed by atoms with Gasteiger partial charge >= 0.3 is 5.97 Å². The molecule has 7 heteroatoms. The molecule has 0 fully saturated rings. The van der Waals surface area contributed by atoms with Crippen LogP contribution >= 0.6 is 0 Å². The number of carboxylic acids is 1. The molecule has 2 amide bonds. The third-order valence-corrected chi connectivity index (χ3v) is 3.72. The number of carbonyl (C=O) groups excluding carboxylic acids is 3. The monoisotopic (exact) mass is 360 g/mol. The highest BCUT2D eigenvalue weighted by Crippen LogP contribution is 2.11. The number of nitrogens with one attached hydrogen (secondary N) is 2. The van der Waals surface area contributed by atoms with E-state index < -0.39 is 23.8 Å². The van der Waals surface area contributed by atoms with Gasteiger partial charge in [-0.3, -0.25) is 14.4 Å². The van der Waals surface area contributed by atoms with Crippen molar-refractivity contribution in [2.24, 2.45) is 0 Å². The fourth-order valence-electron chi connectivity index (χ4n) is 2.16. The molecule has 7 nitrogen and oxygen atoms in total. The van der Waals surface area contributed by atoms with E-state index in [4.69, 9.17) is 5.11 Å². The van der Waals surface area contributed by atoms with Gasteiger partial charge in [-0.2, -0.15) is 0 Å². The molecule has 0 saturated carbocycles. The van der Waals surface area contributed by atoms with Gasteiger partial charge in [0.15, 0.2) is 5.78 Å². The second-order valence-corrected chi connectivity index (χ2v) is 5.96. The number of benzene rings is 1. The van der Waals surface area contributed by atoms with Gasteiger partial charge in [0.25, 0.3) is 5.91 Å². The lowest BCUT2D eigenvalue weighted by atomic mass is 10.1. The Kier molecular flexibility index (Phi) is 8.21. The van der Waals surface area contributed by atoms with Crippen LogP contribution in [0.15, 0.2) is 35.9 Å². The minimum atomic E-state index is -1.10. The van der Waals surface area contributed by atoms with Crippen LogP contribution in [-0.4, -0.2) is 34.7 Å². The lowest BCUT2D eigenvalue weighted by Crippen LogP contribution is -2.40. The Bertz CT molecular complexity index is 707. The van der Waals surface area contributed by atoms with Gasteiger partial charge in [-0.25, -0.2) is 4.79 Å². The Balaban J connectivity index is 2.69. The maximum atomic E-state index is 12.1. The van der Waals surface area contributed by atoms with Gasteiger partial charge in [-0.15, -0.1) is 0 Å². The summed E-state index contributed by atoms with van der Waals surface area (Å²) in [5.74, 6) is -2.30. The molecular weight excluding hydrogens is 336 g/mol. The first-order valence-electron chi connectivity index (χ1n) is 8.38. The largest absolute Gasteiger partial charge is 0.480 e. The summed E-state index contributed by atoms with van der Waals surface area (Å²) in [6.07, 6.45) is 2.90. The Morgan fingerprint density at radius 3 is 2.23 bits per heavy atom. The van der Waals surface area contributed by atoms with Crippen LogP contribution in [0, 0.1) is 0 Å². The summed E-state index contributed by atoms with van der Waals surface area (Å²) in [5.41, 5.74) is 1.15. The van der Waals surface area contributed by atoms with Gasteiger partial charge in [0.05, 0.1) is 0 Å². The van der Waals surface area contributed by atoms with E-state index in [9.17, 15) is 19.2 Å². The van der Waals surface area contributed by atoms with Crippen molar-refractivity contribution in [1.82, 2.24) is 5.32 Å². The lowest BCUT2D eigenvalue weighted by molar-refractivity contribution is -0.141. The zero-order valence-corrected chi connectivity index (χ0v) is 15.2. The zero-order chi connectivity index (χ0) is 19.7. The van der Waals surface area contributed by atoms with Crippen LogP contribution < -0.4 is 10.6 Å². The Morgan fingerprint density at radius 2 is 1.73 bits per heavy atom. The van der Waals surface area contributed by atoms with Gasteiger partial charge in [0, 0.05) is 22.9 Å². The Morgan fingerprint density at radius 1 is 1.12 bits per heavy atom. The molecule has 1 atom stereocenters. The highest BCUT2D eigenvalue weighted by atomic mass is 16.4. The second kappa shape index (κ2) is 10.1. The van der Waals surface area contributed by atoms with Crippen molar-refractivity contribution in [1.29, 1.82) is 0 Å². The van der Waals surface area contributed by atoms with E-state index in [2.05, 4.69) is 10.6 Å². The van der Waals surface area contributed by atoms with Crippen LogP contribution in [0.1, 0.15) is 50.4 Å². The topological polar surface area (TPSA) is 113 Å². The maximum absolute atomic E-state index is 12.1. The summed E-state index contributed by atoms with van der Waals surface area (Å²) in [4.78, 5) is 46.4. The Labute approximate surface area is 152 Å². The first-order valence-corrected chi connectivity index (χ1v) is 8.38. The smallest absolute Gasteiger partial charge is 0.326 e. The number of amides is 2. The maximum Gasteiger partial charge on any atom is 0.326 e. The third-order valence-electron chi connectivity index (χ3n) is 3.72. The average molecular weight is 360 g/mol. The number of unbranched alkanes of at least 4 members (excludes halogenated alkanes) is 1. The molecule has 1 aromatic rings. The molecule has 0 spiro atoms. The summed E-state index contributed by atoms with van der Waals surface area (Å²) in [7, 11) is 0. The minimum Gasteiger partial charge on any atom is -0.480 e. The molecule has 0 aliphatic rings. The van der Waals surface area contributed by atoms with Crippen molar-refractivity contribution in [3.63, 3.8) is 0 Å². The highest BCUT2D eigenvalue weighted by Gasteiger charge is 2.18. The van der Waals surface area contributed by atoms with Gasteiger partial charge in [0.2, 0.25) is 5.91 Å². The molecule has 0 saturated heterocycles. The van der Waals surface area contributed by atoms with Crippen molar-refractivity contribution >= 4 is 29.3 Å². The SMILES string of the molecule is CCCCC(NC(=O)/C=C(/C)C(=O)Nc1ccc(C(C)=O)cc1)C(=O)O. The van der Waals surface area contributed by atoms with Crippen molar-refractivity contribution in [3.05, 3.63) is 41.5 Å². The van der Waals surface area contributed by atoms with Crippen LogP contribution in [0.5, 0.6) is 0 Å². The number of ketones is 1. The molecule has 1 rings (SSSR count). The van der Waals surface area contributed by atoms with Crippen LogP contribution in [0.2, 0.25) is 0 Å². The zero-order valence-electron chi connectivity index (χ0n) is 15.2. The number of carbonyl (C=O) groups is 4. The summed E-state index contributed by atoms with van der Waals surface area (Å²) in [6.45, 7) is 4.84. The van der Waals surface area contributed by atoms with Crippen LogP contribution in [0.4, 0.5) is 5.69 Å². The first kappa shape index (κ1) is 21.1.